The number of alkyl halides is 3. The molecule has 8 nitrogen and oxygen atoms in total. The van der Waals surface area contributed by atoms with Crippen molar-refractivity contribution in [3.63, 3.8) is 0 Å². The van der Waals surface area contributed by atoms with Gasteiger partial charge in [0.15, 0.2) is 6.61 Å². The highest BCUT2D eigenvalue weighted by atomic mass is 19.4. The van der Waals surface area contributed by atoms with Gasteiger partial charge in [-0.2, -0.15) is 13.2 Å². The summed E-state index contributed by atoms with van der Waals surface area (Å²) in [5.74, 6) is 0.691. The van der Waals surface area contributed by atoms with Crippen molar-refractivity contribution in [3.8, 4) is 0 Å². The van der Waals surface area contributed by atoms with E-state index in [0.29, 0.717) is 29.9 Å². The third kappa shape index (κ3) is 5.06. The van der Waals surface area contributed by atoms with Gasteiger partial charge in [-0.25, -0.2) is 4.79 Å². The maximum Gasteiger partial charge on any atom is 0.416 e. The van der Waals surface area contributed by atoms with Crippen molar-refractivity contribution in [2.24, 2.45) is 17.8 Å². The Bertz CT molecular complexity index is 930. The maximum absolute atomic E-state index is 12.8. The number of hydrogen-bond donors (Lipinski definition) is 2. The van der Waals surface area contributed by atoms with Gasteiger partial charge >= 0.3 is 12.1 Å². The van der Waals surface area contributed by atoms with Gasteiger partial charge in [-0.15, -0.1) is 0 Å². The Hall–Kier alpha value is -2.85. The second kappa shape index (κ2) is 8.49. The molecular weight excluding hydrogens is 443 g/mol. The first-order chi connectivity index (χ1) is 15.4. The lowest BCUT2D eigenvalue weighted by atomic mass is 9.53. The largest absolute Gasteiger partial charge is 0.454 e. The van der Waals surface area contributed by atoms with Crippen LogP contribution in [0.4, 0.5) is 24.5 Å². The van der Waals surface area contributed by atoms with E-state index in [1.807, 2.05) is 0 Å². The SMILES string of the molecule is CC(Nc1ccc(C(F)(F)F)cc1[N+](=O)[O-])C(=O)OCC(=O)NC12CC3CC(CC(C3)C1)C2. The van der Waals surface area contributed by atoms with Crippen LogP contribution in [-0.2, 0) is 20.5 Å². The van der Waals surface area contributed by atoms with E-state index in [9.17, 15) is 32.9 Å². The van der Waals surface area contributed by atoms with Crippen molar-refractivity contribution in [1.29, 1.82) is 0 Å². The zero-order valence-corrected chi connectivity index (χ0v) is 18.1. The van der Waals surface area contributed by atoms with Crippen LogP contribution in [0.25, 0.3) is 0 Å². The number of rotatable bonds is 7. The van der Waals surface area contributed by atoms with Crippen molar-refractivity contribution in [3.05, 3.63) is 33.9 Å². The Morgan fingerprint density at radius 2 is 1.76 bits per heavy atom. The summed E-state index contributed by atoms with van der Waals surface area (Å²) in [6, 6.07) is 0.864. The molecule has 0 aliphatic heterocycles. The van der Waals surface area contributed by atoms with E-state index in [0.717, 1.165) is 25.3 Å². The third-order valence-electron chi connectivity index (χ3n) is 7.04. The lowest BCUT2D eigenvalue weighted by Crippen LogP contribution is -2.60. The molecule has 2 N–H and O–H groups in total. The number of nitrogens with one attached hydrogen (secondary N) is 2. The number of anilines is 1. The first-order valence-corrected chi connectivity index (χ1v) is 11.0. The van der Waals surface area contributed by atoms with Gasteiger partial charge in [-0.1, -0.05) is 0 Å². The number of hydrogen-bond acceptors (Lipinski definition) is 6. The molecule has 4 aliphatic rings. The summed E-state index contributed by atoms with van der Waals surface area (Å²) < 4.78 is 43.6. The van der Waals surface area contributed by atoms with E-state index in [2.05, 4.69) is 10.6 Å². The highest BCUT2D eigenvalue weighted by molar-refractivity contribution is 5.84. The Kier molecular flexibility index (Phi) is 6.00. The smallest absolute Gasteiger partial charge is 0.416 e. The molecule has 0 heterocycles. The minimum absolute atomic E-state index is 0.219. The molecule has 4 bridgehead atoms. The molecule has 4 aliphatic carbocycles. The lowest BCUT2D eigenvalue weighted by Gasteiger charge is -2.56. The summed E-state index contributed by atoms with van der Waals surface area (Å²) in [6.07, 6.45) is 1.80. The van der Waals surface area contributed by atoms with Crippen molar-refractivity contribution >= 4 is 23.3 Å². The van der Waals surface area contributed by atoms with Crippen molar-refractivity contribution in [1.82, 2.24) is 5.32 Å². The number of amides is 1. The third-order valence-corrected chi connectivity index (χ3v) is 7.04. The van der Waals surface area contributed by atoms with E-state index < -0.39 is 46.9 Å². The van der Waals surface area contributed by atoms with Crippen LogP contribution in [0.5, 0.6) is 0 Å². The van der Waals surface area contributed by atoms with Gasteiger partial charge in [0.1, 0.15) is 11.7 Å². The highest BCUT2D eigenvalue weighted by Crippen LogP contribution is 2.55. The predicted octanol–water partition coefficient (Wildman–Crippen LogP) is 4.04. The standard InChI is InChI=1S/C22H26F3N3O5/c1-12(26-17-3-2-16(22(23,24)25)7-18(17)28(31)32)20(30)33-11-19(29)27-21-8-13-4-14(9-21)6-15(5-13)10-21/h2-3,7,12-15,26H,4-6,8-11H2,1H3,(H,27,29). The molecule has 0 aromatic heterocycles. The molecule has 5 rings (SSSR count). The molecule has 1 aromatic carbocycles. The molecule has 4 saturated carbocycles. The minimum Gasteiger partial charge on any atom is -0.454 e. The van der Waals surface area contributed by atoms with Crippen LogP contribution in [-0.4, -0.2) is 35.0 Å². The summed E-state index contributed by atoms with van der Waals surface area (Å²) in [5.41, 5.74) is -2.46. The van der Waals surface area contributed by atoms with Gasteiger partial charge < -0.3 is 15.4 Å². The second-order valence-electron chi connectivity index (χ2n) is 9.71. The summed E-state index contributed by atoms with van der Waals surface area (Å²) in [5, 5.41) is 16.8. The molecular formula is C22H26F3N3O5. The summed E-state index contributed by atoms with van der Waals surface area (Å²) >= 11 is 0. The Morgan fingerprint density at radius 1 is 1.18 bits per heavy atom. The topological polar surface area (TPSA) is 111 Å². The van der Waals surface area contributed by atoms with Gasteiger partial charge in [0, 0.05) is 11.6 Å². The Morgan fingerprint density at radius 3 is 2.27 bits per heavy atom. The van der Waals surface area contributed by atoms with Crippen LogP contribution in [0.3, 0.4) is 0 Å². The van der Waals surface area contributed by atoms with Gasteiger partial charge in [0.05, 0.1) is 10.5 Å². The van der Waals surface area contributed by atoms with Crippen LogP contribution in [0.2, 0.25) is 0 Å². The van der Waals surface area contributed by atoms with Crippen LogP contribution in [0, 0.1) is 27.9 Å². The fraction of sp³-hybridized carbons (Fsp3) is 0.636. The van der Waals surface area contributed by atoms with Crippen molar-refractivity contribution < 1.29 is 32.4 Å². The van der Waals surface area contributed by atoms with Gasteiger partial charge in [0.25, 0.3) is 11.6 Å². The molecule has 11 heteroatoms. The zero-order chi connectivity index (χ0) is 24.0. The molecule has 1 aromatic rings. The number of carbonyl (C=O) groups is 2. The van der Waals surface area contributed by atoms with Gasteiger partial charge in [-0.3, -0.25) is 14.9 Å². The predicted molar refractivity (Wildman–Crippen MR) is 111 cm³/mol. The molecule has 0 radical (unpaired) electrons. The number of esters is 1. The summed E-state index contributed by atoms with van der Waals surface area (Å²) in [6.45, 7) is 0.864. The summed E-state index contributed by atoms with van der Waals surface area (Å²) in [4.78, 5) is 35.0. The van der Waals surface area contributed by atoms with E-state index in [1.165, 1.54) is 26.2 Å². The lowest BCUT2D eigenvalue weighted by molar-refractivity contribution is -0.384. The number of nitrogens with zero attached hydrogens (tertiary/aromatic N) is 1. The number of ether oxygens (including phenoxy) is 1. The number of halogens is 3. The Labute approximate surface area is 188 Å². The molecule has 1 unspecified atom stereocenters. The number of benzene rings is 1. The zero-order valence-electron chi connectivity index (χ0n) is 18.1. The quantitative estimate of drug-likeness (QED) is 0.354. The normalized spacial score (nSPS) is 28.8. The van der Waals surface area contributed by atoms with Crippen LogP contribution < -0.4 is 10.6 Å². The molecule has 0 spiro atoms. The maximum atomic E-state index is 12.8. The van der Waals surface area contributed by atoms with E-state index in [-0.39, 0.29) is 11.2 Å². The molecule has 33 heavy (non-hydrogen) atoms. The average molecular weight is 469 g/mol. The van der Waals surface area contributed by atoms with Crippen LogP contribution in [0.1, 0.15) is 51.0 Å². The summed E-state index contributed by atoms with van der Waals surface area (Å²) in [7, 11) is 0. The van der Waals surface area contributed by atoms with Crippen LogP contribution >= 0.6 is 0 Å². The fourth-order valence-corrected chi connectivity index (χ4v) is 6.13. The minimum atomic E-state index is -4.74. The first kappa shape index (κ1) is 23.3. The number of nitro benzene ring substituents is 1. The monoisotopic (exact) mass is 469 g/mol. The second-order valence-corrected chi connectivity index (χ2v) is 9.71. The average Bonchev–Trinajstić information content (AvgIpc) is 2.69. The molecule has 180 valence electrons. The van der Waals surface area contributed by atoms with Gasteiger partial charge in [0.2, 0.25) is 0 Å². The number of carbonyl (C=O) groups excluding carboxylic acids is 2. The Balaban J connectivity index is 1.32. The van der Waals surface area contributed by atoms with Crippen molar-refractivity contribution in [2.75, 3.05) is 11.9 Å². The van der Waals surface area contributed by atoms with E-state index >= 15 is 0 Å². The van der Waals surface area contributed by atoms with E-state index in [1.54, 1.807) is 0 Å². The van der Waals surface area contributed by atoms with Crippen molar-refractivity contribution in [2.45, 2.75) is 63.2 Å². The fourth-order valence-electron chi connectivity index (χ4n) is 6.13. The first-order valence-electron chi connectivity index (χ1n) is 11.0. The molecule has 0 saturated heterocycles. The highest BCUT2D eigenvalue weighted by Gasteiger charge is 2.51. The molecule has 4 fully saturated rings. The van der Waals surface area contributed by atoms with E-state index in [4.69, 9.17) is 4.74 Å². The van der Waals surface area contributed by atoms with Gasteiger partial charge in [-0.05, 0) is 75.3 Å². The number of nitro groups is 1. The molecule has 1 amide bonds. The molecule has 1 atom stereocenters. The van der Waals surface area contributed by atoms with Crippen LogP contribution in [0.15, 0.2) is 18.2 Å².